The van der Waals surface area contributed by atoms with Gasteiger partial charge in [-0.15, -0.1) is 0 Å². The van der Waals surface area contributed by atoms with Gasteiger partial charge in [0.05, 0.1) is 13.2 Å². The second kappa shape index (κ2) is 9.40. The lowest BCUT2D eigenvalue weighted by molar-refractivity contribution is -0.142. The van der Waals surface area contributed by atoms with E-state index in [9.17, 15) is 4.79 Å². The molecular weight excluding hydrogens is 424 g/mol. The molecule has 1 unspecified atom stereocenters. The minimum atomic E-state index is -1.81. The van der Waals surface area contributed by atoms with Crippen molar-refractivity contribution in [2.75, 3.05) is 19.8 Å². The molecule has 0 saturated heterocycles. The van der Waals surface area contributed by atoms with Gasteiger partial charge in [-0.25, -0.2) is 0 Å². The summed E-state index contributed by atoms with van der Waals surface area (Å²) in [5, 5.41) is 0.701. The second-order valence-corrected chi connectivity index (χ2v) is 13.4. The fourth-order valence-corrected chi connectivity index (χ4v) is 3.55. The molecule has 0 aliphatic heterocycles. The van der Waals surface area contributed by atoms with Crippen molar-refractivity contribution in [3.8, 4) is 5.75 Å². The van der Waals surface area contributed by atoms with Crippen LogP contribution in [0.4, 0.5) is 0 Å². The Morgan fingerprint density at radius 3 is 2.48 bits per heavy atom. The smallest absolute Gasteiger partial charge is 0.324 e. The van der Waals surface area contributed by atoms with Gasteiger partial charge >= 0.3 is 5.97 Å². The number of esters is 1. The largest absolute Gasteiger partial charge is 0.491 e. The predicted octanol–water partition coefficient (Wildman–Crippen LogP) is 5.74. The maximum atomic E-state index is 12.0. The molecule has 1 aromatic rings. The molecule has 7 heteroatoms. The van der Waals surface area contributed by atoms with Gasteiger partial charge in [0.1, 0.15) is 17.2 Å². The van der Waals surface area contributed by atoms with Crippen molar-refractivity contribution in [3.05, 3.63) is 28.8 Å². The third kappa shape index (κ3) is 6.59. The summed E-state index contributed by atoms with van der Waals surface area (Å²) in [4.78, 5) is 11.4. The van der Waals surface area contributed by atoms with Crippen LogP contribution in [0.2, 0.25) is 23.2 Å². The van der Waals surface area contributed by atoms with Gasteiger partial charge < -0.3 is 13.9 Å². The molecule has 0 bridgehead atoms. The Balaban J connectivity index is 2.75. The highest BCUT2D eigenvalue weighted by Gasteiger charge is 2.37. The number of rotatable bonds is 8. The fourth-order valence-electron chi connectivity index (χ4n) is 1.85. The van der Waals surface area contributed by atoms with Gasteiger partial charge in [-0.05, 0) is 37.2 Å². The van der Waals surface area contributed by atoms with Crippen LogP contribution in [0.5, 0.6) is 5.75 Å². The predicted molar refractivity (Wildman–Crippen MR) is 108 cm³/mol. The van der Waals surface area contributed by atoms with Crippen LogP contribution in [0.25, 0.3) is 0 Å². The van der Waals surface area contributed by atoms with Crippen molar-refractivity contribution in [1.29, 1.82) is 0 Å². The van der Waals surface area contributed by atoms with E-state index < -0.39 is 13.1 Å². The van der Waals surface area contributed by atoms with Crippen LogP contribution < -0.4 is 4.74 Å². The Hall–Kier alpha value is -0.563. The lowest BCUT2D eigenvalue weighted by Crippen LogP contribution is -2.41. The van der Waals surface area contributed by atoms with E-state index in [-0.39, 0.29) is 11.0 Å². The highest BCUT2D eigenvalue weighted by Crippen LogP contribution is 2.37. The van der Waals surface area contributed by atoms with Crippen LogP contribution in [0.3, 0.4) is 0 Å². The summed E-state index contributed by atoms with van der Waals surface area (Å²) in [7, 11) is -1.81. The molecule has 1 atom stereocenters. The molecular formula is C18H28BrClO4Si. The summed E-state index contributed by atoms with van der Waals surface area (Å²) < 4.78 is 17.0. The van der Waals surface area contributed by atoms with Crippen LogP contribution in [-0.4, -0.2) is 34.1 Å². The van der Waals surface area contributed by atoms with Crippen molar-refractivity contribution in [3.63, 3.8) is 0 Å². The standard InChI is InChI=1S/C18H28BrClO4Si/c1-7-22-17(21)16(19)14-9-8-13(20)12-15(14)23-10-11-24-25(5,6)18(2,3)4/h8-9,12,16H,7,10-11H2,1-6H3. The third-order valence-electron chi connectivity index (χ3n) is 4.35. The van der Waals surface area contributed by atoms with Crippen molar-refractivity contribution in [1.82, 2.24) is 0 Å². The summed E-state index contributed by atoms with van der Waals surface area (Å²) in [6.45, 7) is 14.0. The lowest BCUT2D eigenvalue weighted by atomic mass is 10.1. The molecule has 25 heavy (non-hydrogen) atoms. The van der Waals surface area contributed by atoms with E-state index in [0.29, 0.717) is 36.2 Å². The maximum Gasteiger partial charge on any atom is 0.324 e. The first kappa shape index (κ1) is 22.5. The molecule has 1 aromatic carbocycles. The molecule has 0 spiro atoms. The molecule has 1 rings (SSSR count). The normalized spacial score (nSPS) is 13.4. The molecule has 0 aliphatic carbocycles. The average Bonchev–Trinajstić information content (AvgIpc) is 2.50. The van der Waals surface area contributed by atoms with Crippen molar-refractivity contribution < 1.29 is 18.7 Å². The van der Waals surface area contributed by atoms with Crippen molar-refractivity contribution >= 4 is 41.8 Å². The average molecular weight is 452 g/mol. The van der Waals surface area contributed by atoms with Crippen molar-refractivity contribution in [2.24, 2.45) is 0 Å². The lowest BCUT2D eigenvalue weighted by Gasteiger charge is -2.36. The number of ether oxygens (including phenoxy) is 2. The zero-order valence-corrected chi connectivity index (χ0v) is 19.2. The van der Waals surface area contributed by atoms with Gasteiger partial charge in [0, 0.05) is 10.6 Å². The summed E-state index contributed by atoms with van der Waals surface area (Å²) in [5.74, 6) is 0.202. The van der Waals surface area contributed by atoms with Crippen LogP contribution >= 0.6 is 27.5 Å². The van der Waals surface area contributed by atoms with E-state index >= 15 is 0 Å². The number of hydrogen-bond donors (Lipinski definition) is 0. The van der Waals surface area contributed by atoms with Gasteiger partial charge in [0.15, 0.2) is 8.32 Å². The third-order valence-corrected chi connectivity index (χ3v) is 9.99. The molecule has 0 heterocycles. The monoisotopic (exact) mass is 450 g/mol. The molecule has 0 N–H and O–H groups in total. The first-order chi connectivity index (χ1) is 11.5. The number of carbonyl (C=O) groups is 1. The molecule has 0 saturated carbocycles. The first-order valence-electron chi connectivity index (χ1n) is 8.36. The van der Waals surface area contributed by atoms with Crippen LogP contribution in [0.1, 0.15) is 38.1 Å². The van der Waals surface area contributed by atoms with Gasteiger partial charge in [0.2, 0.25) is 0 Å². The van der Waals surface area contributed by atoms with E-state index in [1.165, 1.54) is 0 Å². The zero-order chi connectivity index (χ0) is 19.3. The number of hydrogen-bond acceptors (Lipinski definition) is 4. The van der Waals surface area contributed by atoms with Crippen LogP contribution in [0, 0.1) is 0 Å². The first-order valence-corrected chi connectivity index (χ1v) is 12.6. The van der Waals surface area contributed by atoms with Crippen LogP contribution in [-0.2, 0) is 14.0 Å². The number of benzene rings is 1. The van der Waals surface area contributed by atoms with Gasteiger partial charge in [-0.1, -0.05) is 54.4 Å². The SMILES string of the molecule is CCOC(=O)C(Br)c1ccc(Cl)cc1OCCO[Si](C)(C)C(C)(C)C. The fraction of sp³-hybridized carbons (Fsp3) is 0.611. The summed E-state index contributed by atoms with van der Waals surface area (Å²) in [6, 6.07) is 5.20. The molecule has 0 amide bonds. The second-order valence-electron chi connectivity index (χ2n) is 7.25. The molecule has 0 radical (unpaired) electrons. The minimum absolute atomic E-state index is 0.152. The minimum Gasteiger partial charge on any atom is -0.491 e. The maximum absolute atomic E-state index is 12.0. The van der Waals surface area contributed by atoms with Gasteiger partial charge in [-0.2, -0.15) is 0 Å². The van der Waals surface area contributed by atoms with E-state index in [1.807, 2.05) is 0 Å². The Kier molecular flexibility index (Phi) is 8.45. The Morgan fingerprint density at radius 2 is 1.92 bits per heavy atom. The zero-order valence-electron chi connectivity index (χ0n) is 15.8. The topological polar surface area (TPSA) is 44.8 Å². The highest BCUT2D eigenvalue weighted by molar-refractivity contribution is 9.09. The van der Waals surface area contributed by atoms with Crippen LogP contribution in [0.15, 0.2) is 18.2 Å². The molecule has 0 aliphatic rings. The van der Waals surface area contributed by atoms with Gasteiger partial charge in [-0.3, -0.25) is 4.79 Å². The quantitative estimate of drug-likeness (QED) is 0.219. The van der Waals surface area contributed by atoms with Crippen molar-refractivity contribution in [2.45, 2.75) is 50.7 Å². The number of alkyl halides is 1. The summed E-state index contributed by atoms with van der Waals surface area (Å²) in [5.41, 5.74) is 0.690. The molecule has 4 nitrogen and oxygen atoms in total. The van der Waals surface area contributed by atoms with Gasteiger partial charge in [0.25, 0.3) is 0 Å². The highest BCUT2D eigenvalue weighted by atomic mass is 79.9. The van der Waals surface area contributed by atoms with E-state index in [0.717, 1.165) is 0 Å². The molecule has 0 fully saturated rings. The summed E-state index contributed by atoms with van der Waals surface area (Å²) >= 11 is 9.44. The molecule has 142 valence electrons. The Morgan fingerprint density at radius 1 is 1.28 bits per heavy atom. The Bertz CT molecular complexity index is 587. The summed E-state index contributed by atoms with van der Waals surface area (Å²) in [6.07, 6.45) is 0. The van der Waals surface area contributed by atoms with E-state index in [2.05, 4.69) is 49.8 Å². The number of halogens is 2. The number of carbonyl (C=O) groups excluding carboxylic acids is 1. The van der Waals surface area contributed by atoms with E-state index in [4.69, 9.17) is 25.5 Å². The van der Waals surface area contributed by atoms with E-state index in [1.54, 1.807) is 25.1 Å². The molecule has 0 aromatic heterocycles. The Labute approximate surface area is 165 Å².